The summed E-state index contributed by atoms with van der Waals surface area (Å²) in [4.78, 5) is 25.4. The molecule has 0 spiro atoms. The molecule has 1 aliphatic heterocycles. The summed E-state index contributed by atoms with van der Waals surface area (Å²) in [6.45, 7) is 3.60. The van der Waals surface area contributed by atoms with Gasteiger partial charge >= 0.3 is 0 Å². The van der Waals surface area contributed by atoms with E-state index in [0.29, 0.717) is 38.2 Å². The molecule has 2 rings (SSSR count). The topological polar surface area (TPSA) is 46.6 Å². The number of ether oxygens (including phenoxy) is 1. The molecule has 4 nitrogen and oxygen atoms in total. The van der Waals surface area contributed by atoms with E-state index in [1.807, 2.05) is 25.1 Å². The Kier molecular flexibility index (Phi) is 4.10. The van der Waals surface area contributed by atoms with Crippen LogP contribution in [0.15, 0.2) is 24.3 Å². The Morgan fingerprint density at radius 1 is 1.28 bits per heavy atom. The van der Waals surface area contributed by atoms with E-state index < -0.39 is 0 Å². The highest BCUT2D eigenvalue weighted by atomic mass is 16.5. The largest absolute Gasteiger partial charge is 0.382 e. The zero-order valence-corrected chi connectivity index (χ0v) is 10.5. The van der Waals surface area contributed by atoms with Gasteiger partial charge in [0.05, 0.1) is 6.42 Å². The first-order valence-corrected chi connectivity index (χ1v) is 6.24. The summed E-state index contributed by atoms with van der Waals surface area (Å²) >= 11 is 0. The number of hydrogen-bond donors (Lipinski definition) is 0. The van der Waals surface area contributed by atoms with Gasteiger partial charge in [0.1, 0.15) is 0 Å². The summed E-state index contributed by atoms with van der Waals surface area (Å²) in [6, 6.07) is 7.29. The lowest BCUT2D eigenvalue weighted by atomic mass is 9.98. The quantitative estimate of drug-likeness (QED) is 0.587. The van der Waals surface area contributed by atoms with Gasteiger partial charge < -0.3 is 4.74 Å². The summed E-state index contributed by atoms with van der Waals surface area (Å²) < 4.78 is 5.22. The molecule has 0 unspecified atom stereocenters. The Bertz CT molecular complexity index is 456. The third kappa shape index (κ3) is 2.59. The number of carbonyl (C=O) groups is 2. The first-order chi connectivity index (χ1) is 8.74. The van der Waals surface area contributed by atoms with E-state index in [1.165, 1.54) is 4.90 Å². The monoisotopic (exact) mass is 247 g/mol. The molecule has 0 radical (unpaired) electrons. The van der Waals surface area contributed by atoms with E-state index in [-0.39, 0.29) is 11.8 Å². The lowest BCUT2D eigenvalue weighted by Crippen LogP contribution is -2.43. The maximum Gasteiger partial charge on any atom is 0.260 e. The molecular weight excluding hydrogens is 230 g/mol. The molecule has 4 heteroatoms. The minimum atomic E-state index is -0.182. The number of fused-ring (bicyclic) bond motifs is 1. The van der Waals surface area contributed by atoms with E-state index in [0.717, 1.165) is 5.56 Å². The number of rotatable bonds is 5. The van der Waals surface area contributed by atoms with Crippen molar-refractivity contribution in [3.05, 3.63) is 35.4 Å². The van der Waals surface area contributed by atoms with Crippen LogP contribution in [0.3, 0.4) is 0 Å². The highest BCUT2D eigenvalue weighted by Crippen LogP contribution is 2.19. The predicted molar refractivity (Wildman–Crippen MR) is 67.3 cm³/mol. The van der Waals surface area contributed by atoms with E-state index in [1.54, 1.807) is 6.07 Å². The van der Waals surface area contributed by atoms with Gasteiger partial charge in [-0.2, -0.15) is 0 Å². The molecule has 0 atom stereocenters. The Morgan fingerprint density at radius 2 is 2.06 bits per heavy atom. The van der Waals surface area contributed by atoms with Gasteiger partial charge in [-0.05, 0) is 25.0 Å². The average molecular weight is 247 g/mol. The molecule has 1 aliphatic rings. The van der Waals surface area contributed by atoms with Gasteiger partial charge in [-0.3, -0.25) is 14.5 Å². The van der Waals surface area contributed by atoms with Crippen molar-refractivity contribution in [1.29, 1.82) is 0 Å². The summed E-state index contributed by atoms with van der Waals surface area (Å²) in [5.41, 5.74) is 1.47. The van der Waals surface area contributed by atoms with Crippen LogP contribution in [0.1, 0.15) is 29.3 Å². The third-order valence-electron chi connectivity index (χ3n) is 3.01. The number of hydrogen-bond acceptors (Lipinski definition) is 3. The fraction of sp³-hybridized carbons (Fsp3) is 0.429. The second-order valence-corrected chi connectivity index (χ2v) is 4.23. The zero-order valence-electron chi connectivity index (χ0n) is 10.5. The van der Waals surface area contributed by atoms with Crippen molar-refractivity contribution in [2.75, 3.05) is 19.8 Å². The molecule has 0 saturated carbocycles. The normalized spacial score (nSPS) is 14.8. The van der Waals surface area contributed by atoms with Crippen molar-refractivity contribution in [3.8, 4) is 0 Å². The van der Waals surface area contributed by atoms with Gasteiger partial charge in [-0.1, -0.05) is 18.2 Å². The molecule has 96 valence electrons. The highest BCUT2D eigenvalue weighted by Gasteiger charge is 2.29. The first-order valence-electron chi connectivity index (χ1n) is 6.24. The molecule has 1 aromatic carbocycles. The SMILES string of the molecule is CCOCCCN1C(=O)Cc2ccccc2C1=O. The first kappa shape index (κ1) is 12.8. The zero-order chi connectivity index (χ0) is 13.0. The van der Waals surface area contributed by atoms with Gasteiger partial charge in [0.15, 0.2) is 0 Å². The van der Waals surface area contributed by atoms with Crippen molar-refractivity contribution in [3.63, 3.8) is 0 Å². The lowest BCUT2D eigenvalue weighted by molar-refractivity contribution is -0.128. The standard InChI is InChI=1S/C14H17NO3/c1-2-18-9-5-8-15-13(16)10-11-6-3-4-7-12(11)14(15)17/h3-4,6-7H,2,5,8-10H2,1H3. The molecule has 0 saturated heterocycles. The molecule has 2 amide bonds. The Labute approximate surface area is 107 Å². The summed E-state index contributed by atoms with van der Waals surface area (Å²) in [7, 11) is 0. The number of carbonyl (C=O) groups excluding carboxylic acids is 2. The number of benzene rings is 1. The van der Waals surface area contributed by atoms with Crippen LogP contribution in [0.25, 0.3) is 0 Å². The molecule has 1 aromatic rings. The third-order valence-corrected chi connectivity index (χ3v) is 3.01. The Hall–Kier alpha value is -1.68. The van der Waals surface area contributed by atoms with Crippen LogP contribution in [-0.2, 0) is 16.0 Å². The van der Waals surface area contributed by atoms with Crippen LogP contribution in [0.5, 0.6) is 0 Å². The van der Waals surface area contributed by atoms with Crippen LogP contribution in [-0.4, -0.2) is 36.5 Å². The van der Waals surface area contributed by atoms with Crippen LogP contribution in [0.4, 0.5) is 0 Å². The molecule has 0 aliphatic carbocycles. The summed E-state index contributed by atoms with van der Waals surface area (Å²) in [6.07, 6.45) is 1.00. The number of nitrogens with zero attached hydrogens (tertiary/aromatic N) is 1. The van der Waals surface area contributed by atoms with Crippen molar-refractivity contribution in [2.45, 2.75) is 19.8 Å². The average Bonchev–Trinajstić information content (AvgIpc) is 2.38. The summed E-state index contributed by atoms with van der Waals surface area (Å²) in [5.74, 6) is -0.298. The van der Waals surface area contributed by atoms with Gasteiger partial charge in [0, 0.05) is 25.3 Å². The fourth-order valence-corrected chi connectivity index (χ4v) is 2.10. The van der Waals surface area contributed by atoms with Crippen LogP contribution in [0, 0.1) is 0 Å². The minimum Gasteiger partial charge on any atom is -0.382 e. The second-order valence-electron chi connectivity index (χ2n) is 4.23. The van der Waals surface area contributed by atoms with Crippen molar-refractivity contribution in [1.82, 2.24) is 4.90 Å². The molecule has 1 heterocycles. The Balaban J connectivity index is 2.05. The predicted octanol–water partition coefficient (Wildman–Crippen LogP) is 1.64. The van der Waals surface area contributed by atoms with E-state index in [4.69, 9.17) is 4.74 Å². The van der Waals surface area contributed by atoms with Gasteiger partial charge in [0.2, 0.25) is 5.91 Å². The molecule has 0 N–H and O–H groups in total. The van der Waals surface area contributed by atoms with E-state index in [2.05, 4.69) is 0 Å². The molecule has 0 fully saturated rings. The Morgan fingerprint density at radius 3 is 2.83 bits per heavy atom. The van der Waals surface area contributed by atoms with Crippen LogP contribution >= 0.6 is 0 Å². The summed E-state index contributed by atoms with van der Waals surface area (Å²) in [5, 5.41) is 0. The maximum atomic E-state index is 12.2. The molecule has 18 heavy (non-hydrogen) atoms. The number of amides is 2. The van der Waals surface area contributed by atoms with Gasteiger partial charge in [-0.25, -0.2) is 0 Å². The van der Waals surface area contributed by atoms with Crippen LogP contribution in [0.2, 0.25) is 0 Å². The number of imide groups is 1. The van der Waals surface area contributed by atoms with Crippen molar-refractivity contribution in [2.24, 2.45) is 0 Å². The van der Waals surface area contributed by atoms with Crippen molar-refractivity contribution < 1.29 is 14.3 Å². The molecular formula is C14H17NO3. The van der Waals surface area contributed by atoms with Gasteiger partial charge in [0.25, 0.3) is 5.91 Å². The highest BCUT2D eigenvalue weighted by molar-refractivity contribution is 6.09. The minimum absolute atomic E-state index is 0.116. The second kappa shape index (κ2) is 5.78. The molecule has 0 aromatic heterocycles. The van der Waals surface area contributed by atoms with Crippen LogP contribution < -0.4 is 0 Å². The lowest BCUT2D eigenvalue weighted by Gasteiger charge is -2.26. The van der Waals surface area contributed by atoms with Crippen molar-refractivity contribution >= 4 is 11.8 Å². The fourth-order valence-electron chi connectivity index (χ4n) is 2.10. The van der Waals surface area contributed by atoms with Gasteiger partial charge in [-0.15, -0.1) is 0 Å². The smallest absolute Gasteiger partial charge is 0.260 e. The van der Waals surface area contributed by atoms with E-state index in [9.17, 15) is 9.59 Å². The van der Waals surface area contributed by atoms with E-state index >= 15 is 0 Å². The molecule has 0 bridgehead atoms. The maximum absolute atomic E-state index is 12.2.